The standard InChI is InChI=1S/C13H13ClN2O/c1-9-2-3-10(11(14)6-9)7-13(17)12-8-15-4-5-16-12/h2-6,8,13,17H,7H2,1H3. The number of halogens is 1. The average Bonchev–Trinajstić information content (AvgIpc) is 2.34. The molecule has 0 saturated heterocycles. The Morgan fingerprint density at radius 2 is 2.18 bits per heavy atom. The first-order chi connectivity index (χ1) is 8.16. The van der Waals surface area contributed by atoms with Crippen molar-refractivity contribution in [2.75, 3.05) is 0 Å². The van der Waals surface area contributed by atoms with Gasteiger partial charge in [0.05, 0.1) is 11.9 Å². The molecule has 0 saturated carbocycles. The van der Waals surface area contributed by atoms with E-state index in [2.05, 4.69) is 9.97 Å². The maximum atomic E-state index is 10.0. The van der Waals surface area contributed by atoms with Gasteiger partial charge in [0.1, 0.15) is 6.10 Å². The summed E-state index contributed by atoms with van der Waals surface area (Å²) < 4.78 is 0. The molecule has 1 aromatic carbocycles. The molecule has 1 atom stereocenters. The number of rotatable bonds is 3. The van der Waals surface area contributed by atoms with Crippen molar-refractivity contribution in [3.8, 4) is 0 Å². The zero-order chi connectivity index (χ0) is 12.3. The Hall–Kier alpha value is -1.45. The predicted molar refractivity (Wildman–Crippen MR) is 66.9 cm³/mol. The number of aromatic nitrogens is 2. The van der Waals surface area contributed by atoms with Gasteiger partial charge in [0.2, 0.25) is 0 Å². The Balaban J connectivity index is 2.16. The third kappa shape index (κ3) is 3.02. The highest BCUT2D eigenvalue weighted by atomic mass is 35.5. The average molecular weight is 249 g/mol. The molecule has 0 fully saturated rings. The lowest BCUT2D eigenvalue weighted by Crippen LogP contribution is -2.04. The quantitative estimate of drug-likeness (QED) is 0.909. The van der Waals surface area contributed by atoms with Crippen LogP contribution >= 0.6 is 11.6 Å². The predicted octanol–water partition coefficient (Wildman–Crippen LogP) is 2.71. The fraction of sp³-hybridized carbons (Fsp3) is 0.231. The molecule has 0 bridgehead atoms. The molecule has 0 aliphatic heterocycles. The minimum Gasteiger partial charge on any atom is -0.386 e. The lowest BCUT2D eigenvalue weighted by atomic mass is 10.0. The van der Waals surface area contributed by atoms with Gasteiger partial charge in [0.25, 0.3) is 0 Å². The molecule has 4 heteroatoms. The summed E-state index contributed by atoms with van der Waals surface area (Å²) >= 11 is 6.11. The van der Waals surface area contributed by atoms with E-state index in [0.717, 1.165) is 11.1 Å². The molecule has 2 rings (SSSR count). The van der Waals surface area contributed by atoms with Crippen molar-refractivity contribution in [1.29, 1.82) is 0 Å². The first kappa shape index (κ1) is 12.0. The first-order valence-corrected chi connectivity index (χ1v) is 5.73. The molecule has 0 radical (unpaired) electrons. The molecular formula is C13H13ClN2O. The number of hydrogen-bond acceptors (Lipinski definition) is 3. The summed E-state index contributed by atoms with van der Waals surface area (Å²) in [4.78, 5) is 7.99. The van der Waals surface area contributed by atoms with E-state index in [1.165, 1.54) is 0 Å². The van der Waals surface area contributed by atoms with Gasteiger partial charge in [-0.2, -0.15) is 0 Å². The van der Waals surface area contributed by atoms with Gasteiger partial charge < -0.3 is 5.11 Å². The molecule has 0 aliphatic carbocycles. The SMILES string of the molecule is Cc1ccc(CC(O)c2cnccn2)c(Cl)c1. The topological polar surface area (TPSA) is 46.0 Å². The highest BCUT2D eigenvalue weighted by molar-refractivity contribution is 6.31. The fourth-order valence-electron chi connectivity index (χ4n) is 1.61. The monoisotopic (exact) mass is 248 g/mol. The van der Waals surface area contributed by atoms with Gasteiger partial charge in [0, 0.05) is 23.8 Å². The van der Waals surface area contributed by atoms with Gasteiger partial charge >= 0.3 is 0 Å². The third-order valence-electron chi connectivity index (χ3n) is 2.55. The summed E-state index contributed by atoms with van der Waals surface area (Å²) in [6, 6.07) is 5.79. The highest BCUT2D eigenvalue weighted by Crippen LogP contribution is 2.23. The number of nitrogens with zero attached hydrogens (tertiary/aromatic N) is 2. The molecule has 1 heterocycles. The van der Waals surface area contributed by atoms with Crippen LogP contribution in [-0.2, 0) is 6.42 Å². The normalized spacial score (nSPS) is 12.4. The van der Waals surface area contributed by atoms with Crippen LogP contribution in [0.2, 0.25) is 5.02 Å². The summed E-state index contributed by atoms with van der Waals surface area (Å²) in [6.07, 6.45) is 4.47. The van der Waals surface area contributed by atoms with Gasteiger partial charge in [-0.15, -0.1) is 0 Å². The second-order valence-electron chi connectivity index (χ2n) is 3.95. The van der Waals surface area contributed by atoms with E-state index in [4.69, 9.17) is 11.6 Å². The smallest absolute Gasteiger partial charge is 0.102 e. The van der Waals surface area contributed by atoms with E-state index in [9.17, 15) is 5.11 Å². The zero-order valence-electron chi connectivity index (χ0n) is 9.47. The minimum absolute atomic E-state index is 0.442. The molecule has 0 aliphatic rings. The molecular weight excluding hydrogens is 236 g/mol. The van der Waals surface area contributed by atoms with Crippen LogP contribution in [-0.4, -0.2) is 15.1 Å². The number of benzene rings is 1. The maximum absolute atomic E-state index is 10.0. The number of aliphatic hydroxyl groups excluding tert-OH is 1. The number of hydrogen-bond donors (Lipinski definition) is 1. The van der Waals surface area contributed by atoms with Crippen LogP contribution in [0, 0.1) is 6.92 Å². The van der Waals surface area contributed by atoms with Gasteiger partial charge in [-0.05, 0) is 24.1 Å². The van der Waals surface area contributed by atoms with Crippen molar-refractivity contribution < 1.29 is 5.11 Å². The molecule has 3 nitrogen and oxygen atoms in total. The molecule has 88 valence electrons. The molecule has 1 aromatic heterocycles. The Labute approximate surface area is 105 Å². The van der Waals surface area contributed by atoms with Crippen molar-refractivity contribution in [2.45, 2.75) is 19.4 Å². The lowest BCUT2D eigenvalue weighted by molar-refractivity contribution is 0.173. The van der Waals surface area contributed by atoms with Crippen LogP contribution < -0.4 is 0 Å². The largest absolute Gasteiger partial charge is 0.386 e. The summed E-state index contributed by atoms with van der Waals surface area (Å²) in [5.41, 5.74) is 2.58. The van der Waals surface area contributed by atoms with E-state index >= 15 is 0 Å². The van der Waals surface area contributed by atoms with Crippen molar-refractivity contribution in [3.05, 3.63) is 58.6 Å². The molecule has 2 aromatic rings. The van der Waals surface area contributed by atoms with E-state index < -0.39 is 6.10 Å². The lowest BCUT2D eigenvalue weighted by Gasteiger charge is -2.11. The highest BCUT2D eigenvalue weighted by Gasteiger charge is 2.12. The summed E-state index contributed by atoms with van der Waals surface area (Å²) in [5.74, 6) is 0. The number of aryl methyl sites for hydroxylation is 1. The second kappa shape index (κ2) is 5.25. The van der Waals surface area contributed by atoms with Crippen LogP contribution in [0.1, 0.15) is 22.9 Å². The molecule has 0 spiro atoms. The molecule has 17 heavy (non-hydrogen) atoms. The fourth-order valence-corrected chi connectivity index (χ4v) is 1.93. The maximum Gasteiger partial charge on any atom is 0.102 e. The van der Waals surface area contributed by atoms with Crippen LogP contribution in [0.3, 0.4) is 0 Å². The second-order valence-corrected chi connectivity index (χ2v) is 4.35. The summed E-state index contributed by atoms with van der Waals surface area (Å²) in [7, 11) is 0. The number of aliphatic hydroxyl groups is 1. The minimum atomic E-state index is -0.677. The Kier molecular flexibility index (Phi) is 3.71. The van der Waals surface area contributed by atoms with Crippen LogP contribution in [0.25, 0.3) is 0 Å². The van der Waals surface area contributed by atoms with Crippen molar-refractivity contribution in [1.82, 2.24) is 9.97 Å². The van der Waals surface area contributed by atoms with Crippen molar-refractivity contribution in [3.63, 3.8) is 0 Å². The van der Waals surface area contributed by atoms with E-state index in [1.54, 1.807) is 18.6 Å². The third-order valence-corrected chi connectivity index (χ3v) is 2.90. The van der Waals surface area contributed by atoms with Gasteiger partial charge in [-0.3, -0.25) is 9.97 Å². The van der Waals surface area contributed by atoms with Crippen molar-refractivity contribution in [2.24, 2.45) is 0 Å². The zero-order valence-corrected chi connectivity index (χ0v) is 10.2. The molecule has 1 unspecified atom stereocenters. The van der Waals surface area contributed by atoms with Gasteiger partial charge in [-0.25, -0.2) is 0 Å². The van der Waals surface area contributed by atoms with Crippen LogP contribution in [0.4, 0.5) is 0 Å². The Morgan fingerprint density at radius 1 is 1.35 bits per heavy atom. The van der Waals surface area contributed by atoms with Gasteiger partial charge in [-0.1, -0.05) is 23.7 Å². The van der Waals surface area contributed by atoms with Gasteiger partial charge in [0.15, 0.2) is 0 Å². The van der Waals surface area contributed by atoms with E-state index in [-0.39, 0.29) is 0 Å². The summed E-state index contributed by atoms with van der Waals surface area (Å²) in [5, 5.41) is 10.7. The molecule has 0 amide bonds. The first-order valence-electron chi connectivity index (χ1n) is 5.36. The summed E-state index contributed by atoms with van der Waals surface area (Å²) in [6.45, 7) is 1.98. The van der Waals surface area contributed by atoms with Crippen LogP contribution in [0.5, 0.6) is 0 Å². The van der Waals surface area contributed by atoms with Crippen LogP contribution in [0.15, 0.2) is 36.8 Å². The van der Waals surface area contributed by atoms with Crippen molar-refractivity contribution >= 4 is 11.6 Å². The van der Waals surface area contributed by atoms with E-state index in [0.29, 0.717) is 17.1 Å². The Morgan fingerprint density at radius 3 is 2.82 bits per heavy atom. The molecule has 1 N–H and O–H groups in total. The Bertz CT molecular complexity index is 502. The van der Waals surface area contributed by atoms with E-state index in [1.807, 2.05) is 25.1 Å².